The summed E-state index contributed by atoms with van der Waals surface area (Å²) >= 11 is 4.74. The normalized spacial score (nSPS) is 6.12. The van der Waals surface area contributed by atoms with Gasteiger partial charge < -0.3 is 10.2 Å². The van der Waals surface area contributed by atoms with Crippen LogP contribution in [0.2, 0.25) is 0 Å². The van der Waals surface area contributed by atoms with E-state index in [-0.39, 0.29) is 12.4 Å². The van der Waals surface area contributed by atoms with E-state index in [1.807, 2.05) is 0 Å². The zero-order valence-electron chi connectivity index (χ0n) is 3.87. The zero-order chi connectivity index (χ0) is 6.99. The monoisotopic (exact) mass is 140 g/mol. The number of aliphatic carboxylic acids is 1. The molecule has 5 heteroatoms. The summed E-state index contributed by atoms with van der Waals surface area (Å²) in [5.41, 5.74) is 0. The van der Waals surface area contributed by atoms with Crippen molar-refractivity contribution in [3.8, 4) is 0 Å². The fourth-order valence-corrected chi connectivity index (χ4v) is 0. The summed E-state index contributed by atoms with van der Waals surface area (Å²) in [4.78, 5) is 17.6. The summed E-state index contributed by atoms with van der Waals surface area (Å²) in [7, 11) is 0. The van der Waals surface area contributed by atoms with Gasteiger partial charge in [-0.25, -0.2) is 0 Å². The predicted molar refractivity (Wildman–Crippen MR) is 27.0 cm³/mol. The summed E-state index contributed by atoms with van der Waals surface area (Å²) in [5.74, 6) is -1.29. The number of carboxylic acid groups (broad SMARTS) is 2. The van der Waals surface area contributed by atoms with Crippen LogP contribution in [0.1, 0.15) is 0 Å². The van der Waals surface area contributed by atoms with Crippen LogP contribution in [0.15, 0.2) is 0 Å². The van der Waals surface area contributed by atoms with Gasteiger partial charge in [-0.3, -0.25) is 9.59 Å². The smallest absolute Gasteiger partial charge is 0.318 e. The average molecular weight is 141 g/mol. The minimum absolute atomic E-state index is 0.250. The summed E-state index contributed by atoms with van der Waals surface area (Å²) in [6.07, 6.45) is 0. The molecule has 0 rings (SSSR count). The van der Waals surface area contributed by atoms with Crippen LogP contribution < -0.4 is 0 Å². The second-order valence-corrected chi connectivity index (χ2v) is 0.900. The first-order chi connectivity index (χ1) is 3.68. The van der Waals surface area contributed by atoms with Crippen LogP contribution in [0.5, 0.6) is 0 Å². The van der Waals surface area contributed by atoms with E-state index in [0.717, 1.165) is 0 Å². The highest BCUT2D eigenvalue weighted by Gasteiger charge is 1.83. The molecular weight excluding hydrogens is 135 g/mol. The Balaban J connectivity index is 0. The van der Waals surface area contributed by atoms with Gasteiger partial charge in [0.2, 0.25) is 0 Å². The minimum atomic E-state index is -0.980. The van der Waals surface area contributed by atoms with E-state index in [4.69, 9.17) is 26.6 Å². The first-order valence-electron chi connectivity index (χ1n) is 1.54. The molecule has 0 saturated heterocycles. The topological polar surface area (TPSA) is 74.6 Å². The second kappa shape index (κ2) is 9.52. The number of carboxylic acids is 1. The molecule has 48 valence electrons. The molecule has 0 bridgehead atoms. The van der Waals surface area contributed by atoms with Gasteiger partial charge in [0, 0.05) is 0 Å². The van der Waals surface area contributed by atoms with E-state index < -0.39 is 5.97 Å². The Labute approximate surface area is 50.7 Å². The van der Waals surface area contributed by atoms with Crippen molar-refractivity contribution in [1.29, 1.82) is 0 Å². The van der Waals surface area contributed by atoms with Gasteiger partial charge in [0.15, 0.2) is 0 Å². The van der Waals surface area contributed by atoms with Crippen LogP contribution in [0, 0.1) is 0 Å². The van der Waals surface area contributed by atoms with E-state index >= 15 is 0 Å². The molecule has 0 unspecified atom stereocenters. The first kappa shape index (κ1) is 10.3. The fraction of sp³-hybridized carbons (Fsp3) is 0.333. The molecule has 2 N–H and O–H groups in total. The lowest BCUT2D eigenvalue weighted by molar-refractivity contribution is -0.134. The molecule has 0 heterocycles. The molecule has 0 atom stereocenters. The largest absolute Gasteiger partial charge is 0.483 e. The second-order valence-electron chi connectivity index (χ2n) is 0.633. The molecule has 0 aromatic heterocycles. The van der Waals surface area contributed by atoms with Gasteiger partial charge in [-0.05, 0) is 0 Å². The molecule has 0 saturated carbocycles. The summed E-state index contributed by atoms with van der Waals surface area (Å²) in [6.45, 7) is -0.250. The summed E-state index contributed by atoms with van der Waals surface area (Å²) < 4.78 is 0. The molecular formula is C3H5ClO4. The van der Waals surface area contributed by atoms with Crippen molar-refractivity contribution in [2.24, 2.45) is 0 Å². The van der Waals surface area contributed by atoms with Crippen LogP contribution in [-0.4, -0.2) is 28.5 Å². The van der Waals surface area contributed by atoms with Gasteiger partial charge in [0.05, 0.1) is 0 Å². The molecule has 0 aromatic carbocycles. The van der Waals surface area contributed by atoms with Crippen molar-refractivity contribution in [3.05, 3.63) is 0 Å². The van der Waals surface area contributed by atoms with Gasteiger partial charge in [0.25, 0.3) is 6.47 Å². The van der Waals surface area contributed by atoms with Gasteiger partial charge in [-0.15, -0.1) is 11.6 Å². The van der Waals surface area contributed by atoms with Crippen LogP contribution >= 0.6 is 11.6 Å². The molecule has 0 amide bonds. The lowest BCUT2D eigenvalue weighted by atomic mass is 10.8. The van der Waals surface area contributed by atoms with Crippen molar-refractivity contribution in [3.63, 3.8) is 0 Å². The number of carbonyl (C=O) groups is 2. The molecule has 8 heavy (non-hydrogen) atoms. The Kier molecular flexibility index (Phi) is 12.2. The maximum atomic E-state index is 9.24. The van der Waals surface area contributed by atoms with E-state index in [2.05, 4.69) is 0 Å². The lowest BCUT2D eigenvalue weighted by Gasteiger charge is -1.69. The van der Waals surface area contributed by atoms with Crippen LogP contribution in [0.25, 0.3) is 0 Å². The Morgan fingerprint density at radius 1 is 1.75 bits per heavy atom. The van der Waals surface area contributed by atoms with Gasteiger partial charge in [0.1, 0.15) is 5.88 Å². The fourth-order valence-electron chi connectivity index (χ4n) is 0. The first-order valence-corrected chi connectivity index (χ1v) is 2.08. The lowest BCUT2D eigenvalue weighted by Crippen LogP contribution is -1.92. The van der Waals surface area contributed by atoms with Crippen molar-refractivity contribution in [2.75, 3.05) is 5.88 Å². The van der Waals surface area contributed by atoms with Gasteiger partial charge in [-0.2, -0.15) is 0 Å². The van der Waals surface area contributed by atoms with E-state index in [0.29, 0.717) is 0 Å². The van der Waals surface area contributed by atoms with Gasteiger partial charge >= 0.3 is 5.97 Å². The third-order valence-electron chi connectivity index (χ3n) is 0.114. The maximum Gasteiger partial charge on any atom is 0.318 e. The minimum Gasteiger partial charge on any atom is -0.483 e. The number of halogens is 1. The summed E-state index contributed by atoms with van der Waals surface area (Å²) in [5, 5.41) is 14.5. The molecule has 0 radical (unpaired) electrons. The highest BCUT2D eigenvalue weighted by molar-refractivity contribution is 6.26. The molecule has 4 nitrogen and oxygen atoms in total. The highest BCUT2D eigenvalue weighted by Crippen LogP contribution is 1.67. The van der Waals surface area contributed by atoms with E-state index in [1.165, 1.54) is 0 Å². The number of rotatable bonds is 1. The molecule has 0 aliphatic carbocycles. The van der Waals surface area contributed by atoms with E-state index in [9.17, 15) is 4.79 Å². The quantitative estimate of drug-likeness (QED) is 0.398. The molecule has 0 spiro atoms. The summed E-state index contributed by atoms with van der Waals surface area (Å²) in [6, 6.07) is 0. The highest BCUT2D eigenvalue weighted by atomic mass is 35.5. The average Bonchev–Trinajstić information content (AvgIpc) is 1.69. The van der Waals surface area contributed by atoms with Crippen LogP contribution in [0.3, 0.4) is 0 Å². The Morgan fingerprint density at radius 3 is 1.88 bits per heavy atom. The molecule has 0 aliphatic heterocycles. The molecule has 0 fully saturated rings. The van der Waals surface area contributed by atoms with Crippen molar-refractivity contribution in [1.82, 2.24) is 0 Å². The zero-order valence-corrected chi connectivity index (χ0v) is 4.63. The third kappa shape index (κ3) is 61.9. The SMILES string of the molecule is O=C(O)CCl.O=CO. The Hall–Kier alpha value is -0.770. The predicted octanol–water partition coefficient (Wildman–Crippen LogP) is 0.0106. The number of alkyl halides is 1. The Bertz CT molecular complexity index is 71.7. The number of hydrogen-bond donors (Lipinski definition) is 2. The number of hydrogen-bond acceptors (Lipinski definition) is 2. The van der Waals surface area contributed by atoms with Crippen LogP contribution in [0.4, 0.5) is 0 Å². The van der Waals surface area contributed by atoms with Crippen molar-refractivity contribution in [2.45, 2.75) is 0 Å². The molecule has 0 aromatic rings. The van der Waals surface area contributed by atoms with Crippen molar-refractivity contribution < 1.29 is 19.8 Å². The van der Waals surface area contributed by atoms with Crippen molar-refractivity contribution >= 4 is 24.0 Å². The van der Waals surface area contributed by atoms with Crippen LogP contribution in [-0.2, 0) is 9.59 Å². The standard InChI is InChI=1S/C2H3ClO2.CH2O2/c3-1-2(4)5;2-1-3/h1H2,(H,4,5);1H,(H,2,3). The van der Waals surface area contributed by atoms with E-state index in [1.54, 1.807) is 0 Å². The van der Waals surface area contributed by atoms with Gasteiger partial charge in [-0.1, -0.05) is 0 Å². The Morgan fingerprint density at radius 2 is 1.88 bits per heavy atom. The maximum absolute atomic E-state index is 9.24. The third-order valence-corrected chi connectivity index (χ3v) is 0.343. The molecule has 0 aliphatic rings.